The van der Waals surface area contributed by atoms with Crippen LogP contribution in [0.3, 0.4) is 0 Å². The highest BCUT2D eigenvalue weighted by Gasteiger charge is 2.34. The summed E-state index contributed by atoms with van der Waals surface area (Å²) in [7, 11) is 0. The first-order chi connectivity index (χ1) is 16.1. The summed E-state index contributed by atoms with van der Waals surface area (Å²) in [6.45, 7) is 2.23. The maximum atomic E-state index is 12.4. The maximum absolute atomic E-state index is 12.4. The average molecular weight is 553 g/mol. The third-order valence-corrected chi connectivity index (χ3v) is 6.18. The number of amides is 1. The van der Waals surface area contributed by atoms with E-state index in [0.717, 1.165) is 19.3 Å². The zero-order valence-electron chi connectivity index (χ0n) is 19.7. The van der Waals surface area contributed by atoms with Gasteiger partial charge in [0.25, 0.3) is 0 Å². The second-order valence-electron chi connectivity index (χ2n) is 8.31. The molecule has 0 aliphatic rings. The Labute approximate surface area is 223 Å². The van der Waals surface area contributed by atoms with E-state index in [1.807, 2.05) is 0 Å². The summed E-state index contributed by atoms with van der Waals surface area (Å²) in [6.07, 6.45) is 12.5. The van der Waals surface area contributed by atoms with Crippen LogP contribution in [0.5, 0.6) is 0 Å². The molecule has 1 atom stereocenters. The predicted octanol–water partition coefficient (Wildman–Crippen LogP) is 7.18. The van der Waals surface area contributed by atoms with Gasteiger partial charge in [0, 0.05) is 12.1 Å². The van der Waals surface area contributed by atoms with Crippen LogP contribution in [0.2, 0.25) is 0 Å². The van der Waals surface area contributed by atoms with E-state index in [4.69, 9.17) is 52.1 Å². The molecule has 1 amide bonds. The van der Waals surface area contributed by atoms with Crippen molar-refractivity contribution >= 4 is 69.7 Å². The minimum atomic E-state index is -1.83. The number of rotatable bonds is 16. The van der Waals surface area contributed by atoms with Crippen LogP contribution in [-0.4, -0.2) is 32.1 Å². The lowest BCUT2D eigenvalue weighted by atomic mass is 10.1. The Bertz CT molecular complexity index is 758. The van der Waals surface area contributed by atoms with Gasteiger partial charge in [0.05, 0.1) is 5.56 Å². The maximum Gasteiger partial charge on any atom is 0.335 e. The standard InChI is InChI=1S/C24H36Cl3N3O3S/c1-2-3-4-5-6-7-8-9-10-11-12-13-20(31)29-22(24(25,26)27)30-23(34)28-19-16-14-18(15-17-19)21(32)33/h14-17,22H,2-13H2,1H3,(H,29,31)(H,32,33)(H2,28,30,34). The Morgan fingerprint density at radius 2 is 1.38 bits per heavy atom. The zero-order valence-corrected chi connectivity index (χ0v) is 22.8. The molecule has 1 unspecified atom stereocenters. The van der Waals surface area contributed by atoms with Gasteiger partial charge in [-0.25, -0.2) is 4.79 Å². The van der Waals surface area contributed by atoms with Gasteiger partial charge in [0.15, 0.2) is 5.11 Å². The lowest BCUT2D eigenvalue weighted by Gasteiger charge is -2.27. The zero-order chi connectivity index (χ0) is 25.4. The van der Waals surface area contributed by atoms with Crippen molar-refractivity contribution < 1.29 is 14.7 Å². The molecule has 4 N–H and O–H groups in total. The number of aromatic carboxylic acids is 1. The van der Waals surface area contributed by atoms with Gasteiger partial charge in [-0.3, -0.25) is 4.79 Å². The van der Waals surface area contributed by atoms with Gasteiger partial charge in [0.2, 0.25) is 9.70 Å². The molecular formula is C24H36Cl3N3O3S. The minimum Gasteiger partial charge on any atom is -0.478 e. The van der Waals surface area contributed by atoms with Crippen molar-refractivity contribution in [3.63, 3.8) is 0 Å². The molecule has 1 aromatic rings. The summed E-state index contributed by atoms with van der Waals surface area (Å²) in [5, 5.41) is 17.4. The van der Waals surface area contributed by atoms with Crippen LogP contribution in [0.15, 0.2) is 24.3 Å². The molecular weight excluding hydrogens is 517 g/mol. The van der Waals surface area contributed by atoms with Crippen molar-refractivity contribution in [3.8, 4) is 0 Å². The molecule has 0 aromatic heterocycles. The fourth-order valence-electron chi connectivity index (χ4n) is 3.38. The van der Waals surface area contributed by atoms with E-state index in [2.05, 4.69) is 22.9 Å². The molecule has 0 radical (unpaired) electrons. The van der Waals surface area contributed by atoms with Crippen molar-refractivity contribution in [3.05, 3.63) is 29.8 Å². The van der Waals surface area contributed by atoms with Crippen LogP contribution >= 0.6 is 47.0 Å². The Morgan fingerprint density at radius 3 is 1.85 bits per heavy atom. The number of halogens is 3. The van der Waals surface area contributed by atoms with Crippen LogP contribution < -0.4 is 16.0 Å². The molecule has 0 bridgehead atoms. The number of thiocarbonyl (C=S) groups is 1. The van der Waals surface area contributed by atoms with E-state index in [9.17, 15) is 9.59 Å². The number of carbonyl (C=O) groups excluding carboxylic acids is 1. The van der Waals surface area contributed by atoms with Crippen molar-refractivity contribution in [2.24, 2.45) is 0 Å². The predicted molar refractivity (Wildman–Crippen MR) is 146 cm³/mol. The van der Waals surface area contributed by atoms with Crippen molar-refractivity contribution in [2.45, 2.75) is 93.9 Å². The van der Waals surface area contributed by atoms with Gasteiger partial charge in [0.1, 0.15) is 6.17 Å². The monoisotopic (exact) mass is 551 g/mol. The number of alkyl halides is 3. The first kappa shape index (κ1) is 30.8. The number of nitrogens with one attached hydrogen (secondary N) is 3. The van der Waals surface area contributed by atoms with Crippen LogP contribution in [0.25, 0.3) is 0 Å². The fourth-order valence-corrected chi connectivity index (χ4v) is 3.94. The van der Waals surface area contributed by atoms with Crippen LogP contribution in [0.1, 0.15) is 94.3 Å². The molecule has 34 heavy (non-hydrogen) atoms. The topological polar surface area (TPSA) is 90.5 Å². The van der Waals surface area contributed by atoms with Gasteiger partial charge >= 0.3 is 5.97 Å². The second kappa shape index (κ2) is 17.2. The molecule has 0 spiro atoms. The Kier molecular flexibility index (Phi) is 15.6. The number of hydrogen-bond acceptors (Lipinski definition) is 3. The van der Waals surface area contributed by atoms with Gasteiger partial charge in [-0.2, -0.15) is 0 Å². The SMILES string of the molecule is CCCCCCCCCCCCCC(=O)NC(NC(=S)Nc1ccc(C(=O)O)cc1)C(Cl)(Cl)Cl. The van der Waals surface area contributed by atoms with Gasteiger partial charge in [-0.05, 0) is 42.9 Å². The number of carboxylic acid groups (broad SMARTS) is 1. The summed E-state index contributed by atoms with van der Waals surface area (Å²) in [6, 6.07) is 6.00. The molecule has 0 fully saturated rings. The molecule has 1 rings (SSSR count). The third kappa shape index (κ3) is 14.2. The number of unbranched alkanes of at least 4 members (excludes halogenated alkanes) is 10. The highest BCUT2D eigenvalue weighted by Crippen LogP contribution is 2.29. The van der Waals surface area contributed by atoms with Gasteiger partial charge < -0.3 is 21.1 Å². The van der Waals surface area contributed by atoms with Gasteiger partial charge in [-0.1, -0.05) is 106 Å². The Morgan fingerprint density at radius 1 is 0.882 bits per heavy atom. The van der Waals surface area contributed by atoms with Crippen molar-refractivity contribution in [1.82, 2.24) is 10.6 Å². The molecule has 6 nitrogen and oxygen atoms in total. The molecule has 0 heterocycles. The molecule has 10 heteroatoms. The molecule has 0 saturated carbocycles. The number of hydrogen-bond donors (Lipinski definition) is 4. The number of carbonyl (C=O) groups is 2. The van der Waals surface area contributed by atoms with Crippen LogP contribution in [0.4, 0.5) is 5.69 Å². The van der Waals surface area contributed by atoms with Crippen molar-refractivity contribution in [1.29, 1.82) is 0 Å². The third-order valence-electron chi connectivity index (χ3n) is 5.31. The number of benzene rings is 1. The summed E-state index contributed by atoms with van der Waals surface area (Å²) in [5.74, 6) is -1.25. The summed E-state index contributed by atoms with van der Waals surface area (Å²) >= 11 is 23.3. The fraction of sp³-hybridized carbons (Fsp3) is 0.625. The van der Waals surface area contributed by atoms with E-state index >= 15 is 0 Å². The Balaban J connectivity index is 2.31. The lowest BCUT2D eigenvalue weighted by molar-refractivity contribution is -0.122. The molecule has 192 valence electrons. The smallest absolute Gasteiger partial charge is 0.335 e. The first-order valence-corrected chi connectivity index (χ1v) is 13.4. The largest absolute Gasteiger partial charge is 0.478 e. The van der Waals surface area contributed by atoms with Crippen LogP contribution in [-0.2, 0) is 4.79 Å². The first-order valence-electron chi connectivity index (χ1n) is 11.9. The van der Waals surface area contributed by atoms with E-state index < -0.39 is 15.9 Å². The summed E-state index contributed by atoms with van der Waals surface area (Å²) < 4.78 is -1.83. The quantitative estimate of drug-likeness (QED) is 0.0751. The molecule has 0 aliphatic carbocycles. The second-order valence-corrected chi connectivity index (χ2v) is 11.1. The number of anilines is 1. The molecule has 1 aromatic carbocycles. The van der Waals surface area contributed by atoms with Crippen molar-refractivity contribution in [2.75, 3.05) is 5.32 Å². The Hall–Kier alpha value is -1.28. The highest BCUT2D eigenvalue weighted by molar-refractivity contribution is 7.80. The van der Waals surface area contributed by atoms with Crippen LogP contribution in [0, 0.1) is 0 Å². The highest BCUT2D eigenvalue weighted by atomic mass is 35.6. The normalized spacial score (nSPS) is 12.1. The van der Waals surface area contributed by atoms with E-state index in [1.54, 1.807) is 12.1 Å². The summed E-state index contributed by atoms with van der Waals surface area (Å²) in [5.41, 5.74) is 0.705. The minimum absolute atomic E-state index is 0.120. The molecule has 0 aliphatic heterocycles. The van der Waals surface area contributed by atoms with E-state index in [1.165, 1.54) is 63.5 Å². The van der Waals surface area contributed by atoms with E-state index in [0.29, 0.717) is 12.1 Å². The van der Waals surface area contributed by atoms with Gasteiger partial charge in [-0.15, -0.1) is 0 Å². The average Bonchev–Trinajstić information content (AvgIpc) is 2.76. The lowest BCUT2D eigenvalue weighted by Crippen LogP contribution is -2.56. The summed E-state index contributed by atoms with van der Waals surface area (Å²) in [4.78, 5) is 23.3. The number of carboxylic acids is 1. The molecule has 0 saturated heterocycles. The van der Waals surface area contributed by atoms with E-state index in [-0.39, 0.29) is 16.6 Å².